The molecule has 1 atom stereocenters. The third-order valence-electron chi connectivity index (χ3n) is 4.40. The number of fused-ring (bicyclic) bond motifs is 1. The Morgan fingerprint density at radius 3 is 2.92 bits per heavy atom. The summed E-state index contributed by atoms with van der Waals surface area (Å²) in [6.45, 7) is 3.39. The highest BCUT2D eigenvalue weighted by molar-refractivity contribution is 7.88. The van der Waals surface area contributed by atoms with E-state index >= 15 is 0 Å². The van der Waals surface area contributed by atoms with E-state index in [0.717, 1.165) is 29.6 Å². The van der Waals surface area contributed by atoms with Gasteiger partial charge in [0.05, 0.1) is 6.26 Å². The zero-order chi connectivity index (χ0) is 17.3. The number of aryl methyl sites for hydroxylation is 1. The van der Waals surface area contributed by atoms with Crippen molar-refractivity contribution in [2.45, 2.75) is 19.8 Å². The largest absolute Gasteiger partial charge is 0.461 e. The van der Waals surface area contributed by atoms with Crippen molar-refractivity contribution in [1.82, 2.24) is 9.62 Å². The first-order chi connectivity index (χ1) is 11.3. The minimum absolute atomic E-state index is 0.146. The van der Waals surface area contributed by atoms with Crippen molar-refractivity contribution < 1.29 is 17.6 Å². The normalized spacial score (nSPS) is 19.5. The van der Waals surface area contributed by atoms with Crippen molar-refractivity contribution in [1.29, 1.82) is 0 Å². The van der Waals surface area contributed by atoms with Crippen LogP contribution in [-0.2, 0) is 10.0 Å². The summed E-state index contributed by atoms with van der Waals surface area (Å²) in [5.41, 5.74) is 1.35. The molecule has 3 rings (SSSR count). The molecule has 0 unspecified atom stereocenters. The average molecular weight is 350 g/mol. The molecule has 0 spiro atoms. The molecule has 6 nitrogen and oxygen atoms in total. The lowest BCUT2D eigenvalue weighted by Crippen LogP contribution is -2.43. The molecule has 7 heteroatoms. The Kier molecular flexibility index (Phi) is 4.64. The van der Waals surface area contributed by atoms with Crippen molar-refractivity contribution in [2.75, 3.05) is 25.9 Å². The fourth-order valence-corrected chi connectivity index (χ4v) is 4.09. The molecule has 1 aromatic heterocycles. The summed E-state index contributed by atoms with van der Waals surface area (Å²) < 4.78 is 30.3. The Balaban J connectivity index is 1.62. The van der Waals surface area contributed by atoms with Gasteiger partial charge in [-0.1, -0.05) is 0 Å². The number of furan rings is 1. The van der Waals surface area contributed by atoms with E-state index in [-0.39, 0.29) is 11.8 Å². The van der Waals surface area contributed by atoms with Gasteiger partial charge < -0.3 is 9.73 Å². The molecule has 0 saturated carbocycles. The molecule has 0 radical (unpaired) electrons. The molecule has 2 aromatic rings. The van der Waals surface area contributed by atoms with Gasteiger partial charge in [0.15, 0.2) is 0 Å². The first kappa shape index (κ1) is 17.0. The minimum atomic E-state index is -3.16. The van der Waals surface area contributed by atoms with Crippen molar-refractivity contribution in [2.24, 2.45) is 5.92 Å². The third-order valence-corrected chi connectivity index (χ3v) is 5.67. The van der Waals surface area contributed by atoms with E-state index in [2.05, 4.69) is 5.32 Å². The topological polar surface area (TPSA) is 79.6 Å². The van der Waals surface area contributed by atoms with E-state index in [1.54, 1.807) is 12.1 Å². The van der Waals surface area contributed by atoms with E-state index in [0.29, 0.717) is 25.2 Å². The van der Waals surface area contributed by atoms with Crippen LogP contribution in [-0.4, -0.2) is 44.5 Å². The van der Waals surface area contributed by atoms with Crippen LogP contribution in [0.25, 0.3) is 11.0 Å². The van der Waals surface area contributed by atoms with Crippen molar-refractivity contribution in [3.8, 4) is 0 Å². The quantitative estimate of drug-likeness (QED) is 0.916. The molecule has 2 heterocycles. The zero-order valence-corrected chi connectivity index (χ0v) is 14.7. The van der Waals surface area contributed by atoms with E-state index in [4.69, 9.17) is 4.42 Å². The number of amides is 1. The fourth-order valence-electron chi connectivity index (χ4n) is 3.15. The van der Waals surface area contributed by atoms with Gasteiger partial charge in [-0.05, 0) is 49.9 Å². The number of carbonyl (C=O) groups is 1. The Morgan fingerprint density at radius 2 is 2.17 bits per heavy atom. The van der Waals surface area contributed by atoms with Crippen LogP contribution in [0.5, 0.6) is 0 Å². The number of hydrogen-bond donors (Lipinski definition) is 1. The van der Waals surface area contributed by atoms with Crippen LogP contribution < -0.4 is 5.32 Å². The monoisotopic (exact) mass is 350 g/mol. The van der Waals surface area contributed by atoms with E-state index in [1.165, 1.54) is 10.6 Å². The standard InChI is InChI=1S/C17H22N2O4S/c1-12-8-15-9-14(5-6-16(15)23-12)17(20)18-10-13-4-3-7-19(11-13)24(2,21)22/h5-6,8-9,13H,3-4,7,10-11H2,1-2H3,(H,18,20)/t13-/m1/s1. The van der Waals surface area contributed by atoms with E-state index < -0.39 is 10.0 Å². The molecular formula is C17H22N2O4S. The average Bonchev–Trinajstić information content (AvgIpc) is 2.91. The molecule has 0 aliphatic carbocycles. The van der Waals surface area contributed by atoms with Crippen LogP contribution in [0.1, 0.15) is 29.0 Å². The Hall–Kier alpha value is -1.86. The predicted molar refractivity (Wildman–Crippen MR) is 92.4 cm³/mol. The van der Waals surface area contributed by atoms with Crippen molar-refractivity contribution in [3.05, 3.63) is 35.6 Å². The first-order valence-electron chi connectivity index (χ1n) is 8.06. The maximum absolute atomic E-state index is 12.3. The summed E-state index contributed by atoms with van der Waals surface area (Å²) in [5, 5.41) is 3.82. The van der Waals surface area contributed by atoms with Gasteiger partial charge in [0, 0.05) is 30.6 Å². The number of rotatable bonds is 4. The lowest BCUT2D eigenvalue weighted by molar-refractivity contribution is 0.0941. The molecule has 1 aliphatic heterocycles. The molecule has 130 valence electrons. The van der Waals surface area contributed by atoms with Gasteiger partial charge in [-0.25, -0.2) is 12.7 Å². The first-order valence-corrected chi connectivity index (χ1v) is 9.91. The number of sulfonamides is 1. The second kappa shape index (κ2) is 6.57. The molecule has 1 fully saturated rings. The zero-order valence-electron chi connectivity index (χ0n) is 13.9. The van der Waals surface area contributed by atoms with Crippen LogP contribution >= 0.6 is 0 Å². The summed E-state index contributed by atoms with van der Waals surface area (Å²) >= 11 is 0. The number of hydrogen-bond acceptors (Lipinski definition) is 4. The summed E-state index contributed by atoms with van der Waals surface area (Å²) in [6, 6.07) is 7.25. The van der Waals surface area contributed by atoms with Gasteiger partial charge in [-0.3, -0.25) is 4.79 Å². The van der Waals surface area contributed by atoms with Crippen LogP contribution in [0.15, 0.2) is 28.7 Å². The third kappa shape index (κ3) is 3.79. The summed E-state index contributed by atoms with van der Waals surface area (Å²) in [7, 11) is -3.16. The van der Waals surface area contributed by atoms with Crippen LogP contribution in [0, 0.1) is 12.8 Å². The van der Waals surface area contributed by atoms with Gasteiger partial charge in [0.1, 0.15) is 11.3 Å². The molecule has 1 amide bonds. The van der Waals surface area contributed by atoms with Gasteiger partial charge in [-0.2, -0.15) is 0 Å². The molecule has 1 aliphatic rings. The Labute approximate surface area is 141 Å². The molecular weight excluding hydrogens is 328 g/mol. The predicted octanol–water partition coefficient (Wildman–Crippen LogP) is 2.14. The van der Waals surface area contributed by atoms with E-state index in [1.807, 2.05) is 19.1 Å². The lowest BCUT2D eigenvalue weighted by Gasteiger charge is -2.30. The van der Waals surface area contributed by atoms with Crippen LogP contribution in [0.3, 0.4) is 0 Å². The summed E-state index contributed by atoms with van der Waals surface area (Å²) in [5.74, 6) is 0.815. The van der Waals surface area contributed by atoms with Gasteiger partial charge in [0.25, 0.3) is 5.91 Å². The summed E-state index contributed by atoms with van der Waals surface area (Å²) in [4.78, 5) is 12.3. The second-order valence-corrected chi connectivity index (χ2v) is 8.43. The number of benzene rings is 1. The highest BCUT2D eigenvalue weighted by Gasteiger charge is 2.26. The fraction of sp³-hybridized carbons (Fsp3) is 0.471. The van der Waals surface area contributed by atoms with Crippen LogP contribution in [0.2, 0.25) is 0 Å². The number of carbonyl (C=O) groups excluding carboxylic acids is 1. The summed E-state index contributed by atoms with van der Waals surface area (Å²) in [6.07, 6.45) is 2.98. The van der Waals surface area contributed by atoms with E-state index in [9.17, 15) is 13.2 Å². The number of nitrogens with zero attached hydrogens (tertiary/aromatic N) is 1. The van der Waals surface area contributed by atoms with Crippen LogP contribution in [0.4, 0.5) is 0 Å². The maximum atomic E-state index is 12.3. The number of nitrogens with one attached hydrogen (secondary N) is 1. The smallest absolute Gasteiger partial charge is 0.251 e. The van der Waals surface area contributed by atoms with Gasteiger partial charge in [-0.15, -0.1) is 0 Å². The molecule has 24 heavy (non-hydrogen) atoms. The Bertz CT molecular complexity index is 857. The van der Waals surface area contributed by atoms with Gasteiger partial charge >= 0.3 is 0 Å². The molecule has 1 N–H and O–H groups in total. The maximum Gasteiger partial charge on any atom is 0.251 e. The van der Waals surface area contributed by atoms with Gasteiger partial charge in [0.2, 0.25) is 10.0 Å². The minimum Gasteiger partial charge on any atom is -0.461 e. The van der Waals surface area contributed by atoms with Crippen molar-refractivity contribution >= 4 is 26.9 Å². The van der Waals surface area contributed by atoms with Crippen molar-refractivity contribution in [3.63, 3.8) is 0 Å². The second-order valence-electron chi connectivity index (χ2n) is 6.45. The SMILES string of the molecule is Cc1cc2cc(C(=O)NC[C@H]3CCCN(S(C)(=O)=O)C3)ccc2o1. The highest BCUT2D eigenvalue weighted by atomic mass is 32.2. The molecule has 1 saturated heterocycles. The molecule has 1 aromatic carbocycles. The lowest BCUT2D eigenvalue weighted by atomic mass is 9.99. The highest BCUT2D eigenvalue weighted by Crippen LogP contribution is 2.21. The number of piperidine rings is 1. The Morgan fingerprint density at radius 1 is 1.38 bits per heavy atom. The molecule has 0 bridgehead atoms.